The average Bonchev–Trinajstić information content (AvgIpc) is 2.94. The number of hydrogen-bond acceptors (Lipinski definition) is 4. The monoisotopic (exact) mass is 236 g/mol. The second-order valence-electron chi connectivity index (χ2n) is 4.57. The number of hydrogen-bond donors (Lipinski definition) is 2. The molecule has 1 aromatic rings. The van der Waals surface area contributed by atoms with Gasteiger partial charge < -0.3 is 10.4 Å². The number of thiophene rings is 1. The van der Waals surface area contributed by atoms with Crippen molar-refractivity contribution in [2.75, 3.05) is 13.2 Å². The van der Waals surface area contributed by atoms with E-state index in [9.17, 15) is 5.11 Å². The van der Waals surface area contributed by atoms with Gasteiger partial charge in [0.05, 0.1) is 0 Å². The average molecular weight is 236 g/mol. The van der Waals surface area contributed by atoms with Crippen LogP contribution < -0.4 is 5.32 Å². The molecule has 1 heterocycles. The fourth-order valence-electron chi connectivity index (χ4n) is 1.68. The number of nitrogens with one attached hydrogen (secondary N) is 1. The molecule has 3 nitrogen and oxygen atoms in total. The van der Waals surface area contributed by atoms with E-state index in [-0.39, 0.29) is 18.1 Å². The first-order valence-electron chi connectivity index (χ1n) is 5.53. The fourth-order valence-corrected chi connectivity index (χ4v) is 2.52. The van der Waals surface area contributed by atoms with Gasteiger partial charge in [-0.15, -0.1) is 11.3 Å². The summed E-state index contributed by atoms with van der Waals surface area (Å²) in [7, 11) is 0. The first-order chi connectivity index (χ1) is 7.69. The molecule has 0 aliphatic heterocycles. The van der Waals surface area contributed by atoms with E-state index in [1.165, 1.54) is 16.2 Å². The highest BCUT2D eigenvalue weighted by Crippen LogP contribution is 2.44. The molecule has 0 radical (unpaired) electrons. The Kier molecular flexibility index (Phi) is 3.29. The summed E-state index contributed by atoms with van der Waals surface area (Å²) in [5.74, 6) is 0. The summed E-state index contributed by atoms with van der Waals surface area (Å²) in [4.78, 5) is 1.94. The molecule has 2 rings (SSSR count). The van der Waals surface area contributed by atoms with Crippen molar-refractivity contribution in [2.45, 2.75) is 25.8 Å². The van der Waals surface area contributed by atoms with Crippen molar-refractivity contribution in [3.8, 4) is 6.07 Å². The molecule has 0 saturated heterocycles. The minimum Gasteiger partial charge on any atom is -0.396 e. The highest BCUT2D eigenvalue weighted by atomic mass is 32.1. The number of rotatable bonds is 5. The van der Waals surface area contributed by atoms with Gasteiger partial charge in [-0.2, -0.15) is 5.26 Å². The van der Waals surface area contributed by atoms with Gasteiger partial charge in [-0.05, 0) is 31.9 Å². The van der Waals surface area contributed by atoms with Gasteiger partial charge in [0, 0.05) is 29.5 Å². The van der Waals surface area contributed by atoms with Crippen molar-refractivity contribution in [3.05, 3.63) is 21.9 Å². The molecule has 0 aromatic carbocycles. The van der Waals surface area contributed by atoms with Crippen molar-refractivity contribution in [1.29, 1.82) is 5.26 Å². The largest absolute Gasteiger partial charge is 0.396 e. The molecule has 2 N–H and O–H groups in total. The summed E-state index contributed by atoms with van der Waals surface area (Å²) in [6.07, 6.45) is 2.24. The van der Waals surface area contributed by atoms with Crippen LogP contribution >= 0.6 is 11.3 Å². The number of nitrogens with zero attached hydrogens (tertiary/aromatic N) is 1. The molecule has 0 spiro atoms. The zero-order valence-electron chi connectivity index (χ0n) is 9.36. The van der Waals surface area contributed by atoms with Gasteiger partial charge >= 0.3 is 0 Å². The summed E-state index contributed by atoms with van der Waals surface area (Å²) in [5.41, 5.74) is 0.142. The minimum atomic E-state index is 0.142. The zero-order chi connectivity index (χ0) is 11.6. The van der Waals surface area contributed by atoms with Gasteiger partial charge in [-0.3, -0.25) is 0 Å². The molecule has 1 aliphatic carbocycles. The summed E-state index contributed by atoms with van der Waals surface area (Å²) in [6.45, 7) is 3.24. The van der Waals surface area contributed by atoms with Crippen LogP contribution in [0, 0.1) is 16.7 Å². The maximum absolute atomic E-state index is 9.20. The first-order valence-corrected chi connectivity index (χ1v) is 6.35. The van der Waals surface area contributed by atoms with Gasteiger partial charge in [0.1, 0.15) is 10.9 Å². The SMILES string of the molecule is CC(NCC1(CO)CC1)c1ccc(C#N)s1. The van der Waals surface area contributed by atoms with Crippen LogP contribution in [0.3, 0.4) is 0 Å². The first kappa shape index (κ1) is 11.6. The van der Waals surface area contributed by atoms with Crippen LogP contribution in [0.15, 0.2) is 12.1 Å². The van der Waals surface area contributed by atoms with E-state index in [2.05, 4.69) is 18.3 Å². The molecule has 0 bridgehead atoms. The number of nitriles is 1. The maximum Gasteiger partial charge on any atom is 0.110 e. The molecule has 1 unspecified atom stereocenters. The fraction of sp³-hybridized carbons (Fsp3) is 0.583. The summed E-state index contributed by atoms with van der Waals surface area (Å²) >= 11 is 1.53. The Labute approximate surface area is 99.7 Å². The zero-order valence-corrected chi connectivity index (χ0v) is 10.2. The van der Waals surface area contributed by atoms with E-state index in [4.69, 9.17) is 5.26 Å². The smallest absolute Gasteiger partial charge is 0.110 e. The molecular formula is C12H16N2OS. The second kappa shape index (κ2) is 4.54. The van der Waals surface area contributed by atoms with E-state index < -0.39 is 0 Å². The molecule has 1 atom stereocenters. The molecule has 1 aliphatic rings. The van der Waals surface area contributed by atoms with Gasteiger partial charge in [0.2, 0.25) is 0 Å². The number of aliphatic hydroxyl groups is 1. The van der Waals surface area contributed by atoms with Crippen molar-refractivity contribution in [2.24, 2.45) is 5.41 Å². The Morgan fingerprint density at radius 1 is 1.62 bits per heavy atom. The summed E-state index contributed by atoms with van der Waals surface area (Å²) in [6, 6.07) is 6.27. The third kappa shape index (κ3) is 2.43. The lowest BCUT2D eigenvalue weighted by Crippen LogP contribution is -2.28. The van der Waals surface area contributed by atoms with Gasteiger partial charge in [-0.1, -0.05) is 0 Å². The molecule has 4 heteroatoms. The van der Waals surface area contributed by atoms with Crippen LogP contribution in [0.25, 0.3) is 0 Å². The van der Waals surface area contributed by atoms with Crippen LogP contribution in [-0.4, -0.2) is 18.3 Å². The lowest BCUT2D eigenvalue weighted by Gasteiger charge is -2.17. The highest BCUT2D eigenvalue weighted by molar-refractivity contribution is 7.12. The van der Waals surface area contributed by atoms with Crippen LogP contribution in [0.1, 0.15) is 35.6 Å². The summed E-state index contributed by atoms with van der Waals surface area (Å²) in [5, 5.41) is 21.4. The van der Waals surface area contributed by atoms with Crippen LogP contribution in [0.4, 0.5) is 0 Å². The molecule has 1 fully saturated rings. The van der Waals surface area contributed by atoms with Crippen LogP contribution in [0.2, 0.25) is 0 Å². The Bertz CT molecular complexity index is 403. The highest BCUT2D eigenvalue weighted by Gasteiger charge is 2.41. The topological polar surface area (TPSA) is 56.0 Å². The lowest BCUT2D eigenvalue weighted by atomic mass is 10.1. The molecule has 0 amide bonds. The maximum atomic E-state index is 9.20. The van der Waals surface area contributed by atoms with Crippen molar-refractivity contribution in [1.82, 2.24) is 5.32 Å². The van der Waals surface area contributed by atoms with E-state index in [1.54, 1.807) is 0 Å². The summed E-state index contributed by atoms with van der Waals surface area (Å²) < 4.78 is 0. The number of aliphatic hydroxyl groups excluding tert-OH is 1. The Morgan fingerprint density at radius 2 is 2.38 bits per heavy atom. The predicted molar refractivity (Wildman–Crippen MR) is 64.2 cm³/mol. The molecular weight excluding hydrogens is 220 g/mol. The molecule has 86 valence electrons. The molecule has 1 saturated carbocycles. The van der Waals surface area contributed by atoms with Crippen molar-refractivity contribution >= 4 is 11.3 Å². The van der Waals surface area contributed by atoms with Gasteiger partial charge in [-0.25, -0.2) is 0 Å². The van der Waals surface area contributed by atoms with Crippen LogP contribution in [0.5, 0.6) is 0 Å². The Hall–Kier alpha value is -0.890. The van der Waals surface area contributed by atoms with Gasteiger partial charge in [0.15, 0.2) is 0 Å². The Balaban J connectivity index is 1.88. The predicted octanol–water partition coefficient (Wildman–Crippen LogP) is 2.04. The molecule has 1 aromatic heterocycles. The van der Waals surface area contributed by atoms with Crippen molar-refractivity contribution < 1.29 is 5.11 Å². The van der Waals surface area contributed by atoms with E-state index in [0.29, 0.717) is 0 Å². The van der Waals surface area contributed by atoms with E-state index in [0.717, 1.165) is 24.3 Å². The standard InChI is InChI=1S/C12H16N2OS/c1-9(11-3-2-10(6-13)16-11)14-7-12(8-15)4-5-12/h2-3,9,14-15H,4-5,7-8H2,1H3. The third-order valence-corrected chi connectivity index (χ3v) is 4.41. The second-order valence-corrected chi connectivity index (χ2v) is 5.69. The quantitative estimate of drug-likeness (QED) is 0.822. The van der Waals surface area contributed by atoms with E-state index in [1.807, 2.05) is 12.1 Å². The minimum absolute atomic E-state index is 0.142. The molecule has 16 heavy (non-hydrogen) atoms. The van der Waals surface area contributed by atoms with Gasteiger partial charge in [0.25, 0.3) is 0 Å². The normalized spacial score (nSPS) is 19.1. The van der Waals surface area contributed by atoms with E-state index >= 15 is 0 Å². The lowest BCUT2D eigenvalue weighted by molar-refractivity contribution is 0.205. The van der Waals surface area contributed by atoms with Crippen molar-refractivity contribution in [3.63, 3.8) is 0 Å². The Morgan fingerprint density at radius 3 is 2.88 bits per heavy atom. The van der Waals surface area contributed by atoms with Crippen LogP contribution in [-0.2, 0) is 0 Å². The third-order valence-electron chi connectivity index (χ3n) is 3.24.